The van der Waals surface area contributed by atoms with Crippen LogP contribution in [0.15, 0.2) is 18.2 Å². The second-order valence-corrected chi connectivity index (χ2v) is 4.20. The SMILES string of the molecule is COCCNCC(=O)Nc1ccc(OCCOC)c(F)c1.Cl. The number of amides is 1. The maximum Gasteiger partial charge on any atom is 0.238 e. The molecule has 0 saturated heterocycles. The molecule has 6 nitrogen and oxygen atoms in total. The van der Waals surface area contributed by atoms with Crippen LogP contribution in [0.1, 0.15) is 0 Å². The van der Waals surface area contributed by atoms with Crippen LogP contribution in [0.5, 0.6) is 5.75 Å². The van der Waals surface area contributed by atoms with Crippen LogP contribution in [0, 0.1) is 5.82 Å². The standard InChI is InChI=1S/C14H21FN2O4.ClH/c1-19-6-5-16-10-14(18)17-11-3-4-13(12(15)9-11)21-8-7-20-2;/h3-4,9,16H,5-8,10H2,1-2H3,(H,17,18);1H. The van der Waals surface area contributed by atoms with Crippen LogP contribution in [-0.4, -0.2) is 53.0 Å². The number of carbonyl (C=O) groups excluding carboxylic acids is 1. The van der Waals surface area contributed by atoms with E-state index in [-0.39, 0.29) is 37.2 Å². The number of ether oxygens (including phenoxy) is 3. The molecule has 0 aromatic heterocycles. The van der Waals surface area contributed by atoms with Gasteiger partial charge in [-0.3, -0.25) is 4.79 Å². The zero-order chi connectivity index (χ0) is 15.5. The van der Waals surface area contributed by atoms with Crippen molar-refractivity contribution in [3.8, 4) is 5.75 Å². The van der Waals surface area contributed by atoms with Gasteiger partial charge >= 0.3 is 0 Å². The molecule has 8 heteroatoms. The Labute approximate surface area is 135 Å². The molecule has 0 unspecified atom stereocenters. The van der Waals surface area contributed by atoms with Crippen molar-refractivity contribution in [2.45, 2.75) is 0 Å². The van der Waals surface area contributed by atoms with Gasteiger partial charge in [-0.15, -0.1) is 12.4 Å². The first kappa shape index (κ1) is 20.6. The van der Waals surface area contributed by atoms with Crippen molar-refractivity contribution in [1.29, 1.82) is 0 Å². The largest absolute Gasteiger partial charge is 0.488 e. The van der Waals surface area contributed by atoms with E-state index < -0.39 is 5.82 Å². The zero-order valence-electron chi connectivity index (χ0n) is 12.7. The van der Waals surface area contributed by atoms with Gasteiger partial charge in [0.15, 0.2) is 11.6 Å². The Bertz CT molecular complexity index is 449. The van der Waals surface area contributed by atoms with Gasteiger partial charge in [-0.2, -0.15) is 0 Å². The molecule has 1 amide bonds. The number of hydrogen-bond donors (Lipinski definition) is 2. The highest BCUT2D eigenvalue weighted by Gasteiger charge is 2.07. The van der Waals surface area contributed by atoms with Crippen molar-refractivity contribution in [2.75, 3.05) is 52.4 Å². The fraction of sp³-hybridized carbons (Fsp3) is 0.500. The second-order valence-electron chi connectivity index (χ2n) is 4.20. The van der Waals surface area contributed by atoms with E-state index in [9.17, 15) is 9.18 Å². The molecular formula is C14H22ClFN2O4. The van der Waals surface area contributed by atoms with Crippen molar-refractivity contribution in [1.82, 2.24) is 5.32 Å². The highest BCUT2D eigenvalue weighted by Crippen LogP contribution is 2.21. The topological polar surface area (TPSA) is 68.8 Å². The van der Waals surface area contributed by atoms with Gasteiger partial charge in [0.05, 0.1) is 19.8 Å². The molecule has 1 aromatic rings. The minimum absolute atomic E-state index is 0. The third-order valence-electron chi connectivity index (χ3n) is 2.53. The Balaban J connectivity index is 0.00000441. The molecule has 0 radical (unpaired) electrons. The highest BCUT2D eigenvalue weighted by atomic mass is 35.5. The molecular weight excluding hydrogens is 315 g/mol. The van der Waals surface area contributed by atoms with E-state index in [0.29, 0.717) is 25.4 Å². The number of benzene rings is 1. The summed E-state index contributed by atoms with van der Waals surface area (Å²) >= 11 is 0. The summed E-state index contributed by atoms with van der Waals surface area (Å²) in [4.78, 5) is 11.6. The third-order valence-corrected chi connectivity index (χ3v) is 2.53. The maximum atomic E-state index is 13.7. The fourth-order valence-corrected chi connectivity index (χ4v) is 1.51. The molecule has 0 spiro atoms. The van der Waals surface area contributed by atoms with Crippen LogP contribution in [0.4, 0.5) is 10.1 Å². The number of halogens is 2. The van der Waals surface area contributed by atoms with Gasteiger partial charge in [0.1, 0.15) is 6.61 Å². The molecule has 2 N–H and O–H groups in total. The molecule has 0 atom stereocenters. The number of carbonyl (C=O) groups is 1. The minimum Gasteiger partial charge on any atom is -0.488 e. The first-order valence-corrected chi connectivity index (χ1v) is 6.58. The predicted octanol–water partition coefficient (Wildman–Crippen LogP) is 1.45. The van der Waals surface area contributed by atoms with Gasteiger partial charge in [-0.1, -0.05) is 0 Å². The average molecular weight is 337 g/mol. The van der Waals surface area contributed by atoms with E-state index in [0.717, 1.165) is 0 Å². The minimum atomic E-state index is -0.531. The number of hydrogen-bond acceptors (Lipinski definition) is 5. The Morgan fingerprint density at radius 2 is 1.91 bits per heavy atom. The average Bonchev–Trinajstić information content (AvgIpc) is 2.46. The van der Waals surface area contributed by atoms with Gasteiger partial charge in [-0.25, -0.2) is 4.39 Å². The van der Waals surface area contributed by atoms with Gasteiger partial charge in [0.2, 0.25) is 5.91 Å². The van der Waals surface area contributed by atoms with Crippen LogP contribution in [-0.2, 0) is 14.3 Å². The number of anilines is 1. The molecule has 0 bridgehead atoms. The quantitative estimate of drug-likeness (QED) is 0.633. The van der Waals surface area contributed by atoms with Crippen LogP contribution in [0.25, 0.3) is 0 Å². The Hall–Kier alpha value is -1.41. The summed E-state index contributed by atoms with van der Waals surface area (Å²) in [6, 6.07) is 4.27. The lowest BCUT2D eigenvalue weighted by Crippen LogP contribution is -2.30. The molecule has 0 heterocycles. The lowest BCUT2D eigenvalue weighted by molar-refractivity contribution is -0.115. The lowest BCUT2D eigenvalue weighted by atomic mass is 10.3. The summed E-state index contributed by atoms with van der Waals surface area (Å²) in [5, 5.41) is 5.49. The van der Waals surface area contributed by atoms with E-state index in [1.54, 1.807) is 20.3 Å². The van der Waals surface area contributed by atoms with Crippen molar-refractivity contribution in [2.24, 2.45) is 0 Å². The van der Waals surface area contributed by atoms with Gasteiger partial charge < -0.3 is 24.8 Å². The monoisotopic (exact) mass is 336 g/mol. The molecule has 0 aliphatic rings. The van der Waals surface area contributed by atoms with Crippen molar-refractivity contribution in [3.63, 3.8) is 0 Å². The summed E-state index contributed by atoms with van der Waals surface area (Å²) < 4.78 is 28.6. The Morgan fingerprint density at radius 3 is 2.55 bits per heavy atom. The normalized spacial score (nSPS) is 9.95. The second kappa shape index (κ2) is 12.2. The predicted molar refractivity (Wildman–Crippen MR) is 84.4 cm³/mol. The third kappa shape index (κ3) is 8.14. The number of rotatable bonds is 10. The summed E-state index contributed by atoms with van der Waals surface area (Å²) in [6.07, 6.45) is 0. The molecule has 1 aromatic carbocycles. The van der Waals surface area contributed by atoms with E-state index in [1.807, 2.05) is 0 Å². The Kier molecular flexibility index (Phi) is 11.4. The van der Waals surface area contributed by atoms with Gasteiger partial charge in [0, 0.05) is 32.5 Å². The molecule has 0 aliphatic carbocycles. The molecule has 0 fully saturated rings. The van der Waals surface area contributed by atoms with Crippen molar-refractivity contribution in [3.05, 3.63) is 24.0 Å². The maximum absolute atomic E-state index is 13.7. The van der Waals surface area contributed by atoms with Crippen LogP contribution in [0.2, 0.25) is 0 Å². The lowest BCUT2D eigenvalue weighted by Gasteiger charge is -2.10. The van der Waals surface area contributed by atoms with E-state index in [1.165, 1.54) is 12.1 Å². The van der Waals surface area contributed by atoms with Crippen molar-refractivity contribution >= 4 is 24.0 Å². The zero-order valence-corrected chi connectivity index (χ0v) is 13.5. The van der Waals surface area contributed by atoms with Gasteiger partial charge in [0.25, 0.3) is 0 Å². The molecule has 0 saturated carbocycles. The molecule has 22 heavy (non-hydrogen) atoms. The summed E-state index contributed by atoms with van der Waals surface area (Å²) in [6.45, 7) is 1.88. The van der Waals surface area contributed by atoms with Crippen molar-refractivity contribution < 1.29 is 23.4 Å². The summed E-state index contributed by atoms with van der Waals surface area (Å²) in [5.74, 6) is -0.655. The van der Waals surface area contributed by atoms with Crippen LogP contribution >= 0.6 is 12.4 Å². The molecule has 126 valence electrons. The fourth-order valence-electron chi connectivity index (χ4n) is 1.51. The highest BCUT2D eigenvalue weighted by molar-refractivity contribution is 5.92. The van der Waals surface area contributed by atoms with E-state index in [4.69, 9.17) is 14.2 Å². The molecule has 1 rings (SSSR count). The van der Waals surface area contributed by atoms with E-state index in [2.05, 4.69) is 10.6 Å². The Morgan fingerprint density at radius 1 is 1.18 bits per heavy atom. The first-order chi connectivity index (χ1) is 10.2. The number of methoxy groups -OCH3 is 2. The summed E-state index contributed by atoms with van der Waals surface area (Å²) in [7, 11) is 3.12. The van der Waals surface area contributed by atoms with E-state index >= 15 is 0 Å². The number of nitrogens with one attached hydrogen (secondary N) is 2. The molecule has 0 aliphatic heterocycles. The smallest absolute Gasteiger partial charge is 0.238 e. The van der Waals surface area contributed by atoms with Crippen LogP contribution in [0.3, 0.4) is 0 Å². The van der Waals surface area contributed by atoms with Gasteiger partial charge in [-0.05, 0) is 12.1 Å². The first-order valence-electron chi connectivity index (χ1n) is 6.58. The van der Waals surface area contributed by atoms with Crippen LogP contribution < -0.4 is 15.4 Å². The summed E-state index contributed by atoms with van der Waals surface area (Å²) in [5.41, 5.74) is 0.380.